The van der Waals surface area contributed by atoms with Gasteiger partial charge in [0.15, 0.2) is 0 Å². The highest BCUT2D eigenvalue weighted by Gasteiger charge is 2.25. The second-order valence-corrected chi connectivity index (χ2v) is 8.76. The predicted octanol–water partition coefficient (Wildman–Crippen LogP) is 3.95. The third-order valence-corrected chi connectivity index (χ3v) is 7.57. The van der Waals surface area contributed by atoms with Crippen LogP contribution in [0.15, 0.2) is 38.3 Å². The van der Waals surface area contributed by atoms with Crippen LogP contribution in [0.5, 0.6) is 0 Å². The molecule has 0 aliphatic carbocycles. The Morgan fingerprint density at radius 1 is 1.25 bits per heavy atom. The van der Waals surface area contributed by atoms with Crippen LogP contribution in [0.4, 0.5) is 0 Å². The van der Waals surface area contributed by atoms with Crippen molar-refractivity contribution < 1.29 is 8.42 Å². The Bertz CT molecular complexity index is 723. The van der Waals surface area contributed by atoms with Gasteiger partial charge in [0.1, 0.15) is 4.21 Å². The smallest absolute Gasteiger partial charge is 0.206 e. The van der Waals surface area contributed by atoms with Gasteiger partial charge in [0, 0.05) is 18.1 Å². The van der Waals surface area contributed by atoms with Gasteiger partial charge in [0.05, 0.1) is 0 Å². The summed E-state index contributed by atoms with van der Waals surface area (Å²) in [6.45, 7) is 4.41. The van der Waals surface area contributed by atoms with Gasteiger partial charge in [-0.2, -0.15) is 4.31 Å². The van der Waals surface area contributed by atoms with Gasteiger partial charge in [-0.05, 0) is 52.4 Å². The molecule has 1 aromatic heterocycles. The summed E-state index contributed by atoms with van der Waals surface area (Å²) in [4.78, 5) is 0. The molecule has 2 rings (SSSR count). The number of hydrogen-bond donors (Lipinski definition) is 0. The van der Waals surface area contributed by atoms with Crippen molar-refractivity contribution in [1.82, 2.24) is 4.31 Å². The average Bonchev–Trinajstić information content (AvgIpc) is 2.79. The predicted molar refractivity (Wildman–Crippen MR) is 86.6 cm³/mol. The minimum Gasteiger partial charge on any atom is -0.206 e. The zero-order valence-corrected chi connectivity index (χ0v) is 14.8. The van der Waals surface area contributed by atoms with E-state index in [1.807, 2.05) is 26.0 Å². The Balaban J connectivity index is 2.28. The summed E-state index contributed by atoms with van der Waals surface area (Å²) >= 11 is 4.51. The van der Waals surface area contributed by atoms with E-state index in [0.717, 1.165) is 11.1 Å². The van der Waals surface area contributed by atoms with Crippen LogP contribution < -0.4 is 0 Å². The van der Waals surface area contributed by atoms with Gasteiger partial charge in [-0.3, -0.25) is 0 Å². The third kappa shape index (κ3) is 3.14. The number of aryl methyl sites for hydroxylation is 2. The highest BCUT2D eigenvalue weighted by molar-refractivity contribution is 9.10. The number of rotatable bonds is 4. The van der Waals surface area contributed by atoms with Crippen molar-refractivity contribution >= 4 is 37.3 Å². The third-order valence-electron chi connectivity index (χ3n) is 3.12. The van der Waals surface area contributed by atoms with Gasteiger partial charge < -0.3 is 0 Å². The summed E-state index contributed by atoms with van der Waals surface area (Å²) in [6.07, 6.45) is 0. The molecule has 0 radical (unpaired) electrons. The molecule has 0 bridgehead atoms. The quantitative estimate of drug-likeness (QED) is 0.813. The maximum atomic E-state index is 12.5. The van der Waals surface area contributed by atoms with Gasteiger partial charge in [-0.25, -0.2) is 8.42 Å². The van der Waals surface area contributed by atoms with E-state index in [1.165, 1.54) is 21.2 Å². The molecule has 1 aromatic carbocycles. The molecule has 0 atom stereocenters. The Morgan fingerprint density at radius 3 is 2.50 bits per heavy atom. The molecular formula is C14H16BrNO2S2. The molecule has 6 heteroatoms. The monoisotopic (exact) mass is 373 g/mol. The second-order valence-electron chi connectivity index (χ2n) is 4.75. The molecule has 0 N–H and O–H groups in total. The van der Waals surface area contributed by atoms with Crippen molar-refractivity contribution in [2.75, 3.05) is 7.05 Å². The van der Waals surface area contributed by atoms with Crippen LogP contribution in [0.3, 0.4) is 0 Å². The average molecular weight is 374 g/mol. The molecule has 0 amide bonds. The Kier molecular flexibility index (Phi) is 4.69. The number of nitrogens with zero attached hydrogens (tertiary/aromatic N) is 1. The number of benzene rings is 1. The largest absolute Gasteiger partial charge is 0.253 e. The number of sulfonamides is 1. The molecule has 0 saturated carbocycles. The standard InChI is InChI=1S/C14H16BrNO2S2/c1-10-4-5-12(11(2)8-10)9-16(3)20(17,18)14-13(15)6-7-19-14/h4-8H,9H2,1-3H3. The molecule has 0 unspecified atom stereocenters. The van der Waals surface area contributed by atoms with E-state index in [-0.39, 0.29) is 0 Å². The normalized spacial score (nSPS) is 12.1. The molecule has 3 nitrogen and oxygen atoms in total. The van der Waals surface area contributed by atoms with Gasteiger partial charge >= 0.3 is 0 Å². The summed E-state index contributed by atoms with van der Waals surface area (Å²) in [5, 5.41) is 1.77. The minimum absolute atomic E-state index is 0.352. The molecule has 108 valence electrons. The Labute approximate surface area is 132 Å². The lowest BCUT2D eigenvalue weighted by molar-refractivity contribution is 0.467. The summed E-state index contributed by atoms with van der Waals surface area (Å²) in [5.41, 5.74) is 3.31. The fourth-order valence-corrected chi connectivity index (χ4v) is 5.60. The van der Waals surface area contributed by atoms with E-state index < -0.39 is 10.0 Å². The molecule has 2 aromatic rings. The van der Waals surface area contributed by atoms with Crippen LogP contribution >= 0.6 is 27.3 Å². The Hall–Kier alpha value is -0.690. The van der Waals surface area contributed by atoms with Crippen LogP contribution in [-0.2, 0) is 16.6 Å². The summed E-state index contributed by atoms with van der Waals surface area (Å²) in [5.74, 6) is 0. The van der Waals surface area contributed by atoms with Crippen molar-refractivity contribution in [2.24, 2.45) is 0 Å². The Morgan fingerprint density at radius 2 is 1.95 bits per heavy atom. The maximum Gasteiger partial charge on any atom is 0.253 e. The molecule has 0 saturated heterocycles. The van der Waals surface area contributed by atoms with Crippen LogP contribution in [-0.4, -0.2) is 19.8 Å². The number of halogens is 1. The van der Waals surface area contributed by atoms with E-state index in [1.54, 1.807) is 18.5 Å². The maximum absolute atomic E-state index is 12.5. The van der Waals surface area contributed by atoms with Crippen LogP contribution in [0.2, 0.25) is 0 Å². The first-order valence-electron chi connectivity index (χ1n) is 6.08. The molecular weight excluding hydrogens is 358 g/mol. The highest BCUT2D eigenvalue weighted by atomic mass is 79.9. The van der Waals surface area contributed by atoms with Crippen LogP contribution in [0.25, 0.3) is 0 Å². The van der Waals surface area contributed by atoms with Crippen LogP contribution in [0, 0.1) is 13.8 Å². The topological polar surface area (TPSA) is 37.4 Å². The lowest BCUT2D eigenvalue weighted by atomic mass is 10.1. The minimum atomic E-state index is -3.45. The summed E-state index contributed by atoms with van der Waals surface area (Å²) < 4.78 is 27.4. The molecule has 0 aliphatic rings. The van der Waals surface area contributed by atoms with E-state index in [0.29, 0.717) is 15.2 Å². The fraction of sp³-hybridized carbons (Fsp3) is 0.286. The van der Waals surface area contributed by atoms with E-state index in [9.17, 15) is 8.42 Å². The molecule has 1 heterocycles. The van der Waals surface area contributed by atoms with Gasteiger partial charge in [0.2, 0.25) is 0 Å². The summed E-state index contributed by atoms with van der Waals surface area (Å²) in [6, 6.07) is 7.81. The lowest BCUT2D eigenvalue weighted by Crippen LogP contribution is -2.26. The van der Waals surface area contributed by atoms with E-state index in [2.05, 4.69) is 22.0 Å². The number of hydrogen-bond acceptors (Lipinski definition) is 3. The SMILES string of the molecule is Cc1ccc(CN(C)S(=O)(=O)c2sccc2Br)c(C)c1. The van der Waals surface area contributed by atoms with Gasteiger partial charge in [-0.15, -0.1) is 11.3 Å². The van der Waals surface area contributed by atoms with Crippen molar-refractivity contribution in [3.05, 3.63) is 50.8 Å². The first-order valence-corrected chi connectivity index (χ1v) is 9.19. The first kappa shape index (κ1) is 15.7. The van der Waals surface area contributed by atoms with Crippen molar-refractivity contribution in [1.29, 1.82) is 0 Å². The van der Waals surface area contributed by atoms with E-state index in [4.69, 9.17) is 0 Å². The molecule has 0 aliphatic heterocycles. The second kappa shape index (κ2) is 5.97. The zero-order chi connectivity index (χ0) is 14.9. The zero-order valence-electron chi connectivity index (χ0n) is 11.6. The molecule has 20 heavy (non-hydrogen) atoms. The lowest BCUT2D eigenvalue weighted by Gasteiger charge is -2.18. The van der Waals surface area contributed by atoms with Crippen molar-refractivity contribution in [3.63, 3.8) is 0 Å². The van der Waals surface area contributed by atoms with Crippen LogP contribution in [0.1, 0.15) is 16.7 Å². The summed E-state index contributed by atoms with van der Waals surface area (Å²) in [7, 11) is -1.83. The van der Waals surface area contributed by atoms with Gasteiger partial charge in [0.25, 0.3) is 10.0 Å². The van der Waals surface area contributed by atoms with Gasteiger partial charge in [-0.1, -0.05) is 23.8 Å². The first-order chi connectivity index (χ1) is 9.32. The number of thiophene rings is 1. The molecule has 0 spiro atoms. The molecule has 0 fully saturated rings. The van der Waals surface area contributed by atoms with Crippen molar-refractivity contribution in [2.45, 2.75) is 24.6 Å². The van der Waals surface area contributed by atoms with E-state index >= 15 is 0 Å². The highest BCUT2D eigenvalue weighted by Crippen LogP contribution is 2.30. The fourth-order valence-electron chi connectivity index (χ4n) is 1.95. The van der Waals surface area contributed by atoms with Crippen molar-refractivity contribution in [3.8, 4) is 0 Å².